The van der Waals surface area contributed by atoms with Crippen LogP contribution in [0.2, 0.25) is 0 Å². The second-order valence-corrected chi connectivity index (χ2v) is 7.52. The Morgan fingerprint density at radius 3 is 2.32 bits per heavy atom. The summed E-state index contributed by atoms with van der Waals surface area (Å²) in [4.78, 5) is 38.2. The van der Waals surface area contributed by atoms with Crippen molar-refractivity contribution in [2.24, 2.45) is 0 Å². The minimum absolute atomic E-state index is 0.118. The average molecular weight is 419 g/mol. The molecule has 3 aromatic rings. The van der Waals surface area contributed by atoms with Gasteiger partial charge in [0.05, 0.1) is 13.2 Å². The first-order valence-corrected chi connectivity index (χ1v) is 10.4. The highest BCUT2D eigenvalue weighted by Gasteiger charge is 2.26. The monoisotopic (exact) mass is 419 g/mol. The van der Waals surface area contributed by atoms with Gasteiger partial charge in [-0.3, -0.25) is 14.4 Å². The van der Waals surface area contributed by atoms with E-state index in [-0.39, 0.29) is 5.91 Å². The van der Waals surface area contributed by atoms with E-state index in [0.29, 0.717) is 56.3 Å². The molecule has 4 rings (SSSR count). The lowest BCUT2D eigenvalue weighted by atomic mass is 10.1. The predicted molar refractivity (Wildman–Crippen MR) is 121 cm³/mol. The van der Waals surface area contributed by atoms with Crippen LogP contribution in [0.3, 0.4) is 0 Å². The Morgan fingerprint density at radius 2 is 1.61 bits per heavy atom. The fraction of sp³-hybridized carbons (Fsp3) is 0.292. The number of rotatable bonds is 8. The number of amides is 1. The third-order valence-electron chi connectivity index (χ3n) is 5.44. The van der Waals surface area contributed by atoms with Gasteiger partial charge < -0.3 is 20.3 Å². The van der Waals surface area contributed by atoms with Crippen LogP contribution in [-0.4, -0.2) is 38.8 Å². The number of carbonyl (C=O) groups excluding carboxylic acids is 1. The van der Waals surface area contributed by atoms with Gasteiger partial charge in [0.2, 0.25) is 0 Å². The van der Waals surface area contributed by atoms with E-state index in [4.69, 9.17) is 4.74 Å². The van der Waals surface area contributed by atoms with Crippen LogP contribution >= 0.6 is 0 Å². The summed E-state index contributed by atoms with van der Waals surface area (Å²) in [5, 5.41) is 6.02. The summed E-state index contributed by atoms with van der Waals surface area (Å²) >= 11 is 0. The lowest BCUT2D eigenvalue weighted by Crippen LogP contribution is -2.46. The zero-order valence-electron chi connectivity index (χ0n) is 17.2. The van der Waals surface area contributed by atoms with Gasteiger partial charge in [-0.25, -0.2) is 0 Å². The molecule has 3 aromatic carbocycles. The van der Waals surface area contributed by atoms with Gasteiger partial charge in [0.25, 0.3) is 16.8 Å². The standard InChI is InChI=1S/C24H25N3O4/c28-22-20(21(23(22)29)27-12-14-31-15-13-27)26-16-18-6-8-19(9-7-18)24(30)25-11-10-17-4-2-1-3-5-17/h1-9,26H,10-16H2,(H,25,30). The quantitative estimate of drug-likeness (QED) is 0.541. The molecule has 0 unspecified atom stereocenters. The molecular formula is C24H25N3O4. The van der Waals surface area contributed by atoms with Crippen LogP contribution < -0.4 is 26.4 Å². The first-order chi connectivity index (χ1) is 15.1. The number of nitrogens with zero attached hydrogens (tertiary/aromatic N) is 1. The number of ether oxygens (including phenoxy) is 1. The second-order valence-electron chi connectivity index (χ2n) is 7.52. The molecule has 2 N–H and O–H groups in total. The van der Waals surface area contributed by atoms with Crippen molar-refractivity contribution < 1.29 is 9.53 Å². The van der Waals surface area contributed by atoms with Crippen LogP contribution in [-0.2, 0) is 17.7 Å². The molecule has 0 aliphatic carbocycles. The minimum Gasteiger partial charge on any atom is -0.378 e. The summed E-state index contributed by atoms with van der Waals surface area (Å²) in [6, 6.07) is 17.2. The van der Waals surface area contributed by atoms with E-state index in [1.165, 1.54) is 5.56 Å². The maximum absolute atomic E-state index is 12.3. The zero-order chi connectivity index (χ0) is 21.6. The van der Waals surface area contributed by atoms with Crippen molar-refractivity contribution >= 4 is 17.3 Å². The van der Waals surface area contributed by atoms with E-state index in [1.807, 2.05) is 47.4 Å². The Morgan fingerprint density at radius 1 is 0.903 bits per heavy atom. The number of carbonyl (C=O) groups is 1. The van der Waals surface area contributed by atoms with Gasteiger partial charge in [-0.15, -0.1) is 0 Å². The van der Waals surface area contributed by atoms with E-state index in [2.05, 4.69) is 10.6 Å². The third kappa shape index (κ3) is 4.83. The number of hydrogen-bond acceptors (Lipinski definition) is 6. The lowest BCUT2D eigenvalue weighted by Gasteiger charge is -2.30. The molecule has 0 spiro atoms. The summed E-state index contributed by atoms with van der Waals surface area (Å²) in [6.45, 7) is 3.28. The van der Waals surface area contributed by atoms with Crippen molar-refractivity contribution in [2.75, 3.05) is 43.1 Å². The highest BCUT2D eigenvalue weighted by atomic mass is 16.5. The molecule has 1 aliphatic heterocycles. The Hall–Kier alpha value is -3.45. The lowest BCUT2D eigenvalue weighted by molar-refractivity contribution is 0.0954. The van der Waals surface area contributed by atoms with Crippen molar-refractivity contribution in [1.29, 1.82) is 0 Å². The summed E-state index contributed by atoms with van der Waals surface area (Å²) in [6.07, 6.45) is 0.780. The Kier molecular flexibility index (Phi) is 6.43. The first kappa shape index (κ1) is 20.8. The van der Waals surface area contributed by atoms with Gasteiger partial charge in [-0.1, -0.05) is 42.5 Å². The zero-order valence-corrected chi connectivity index (χ0v) is 17.2. The molecule has 0 radical (unpaired) electrons. The van der Waals surface area contributed by atoms with E-state index < -0.39 is 10.9 Å². The highest BCUT2D eigenvalue weighted by molar-refractivity contribution is 5.94. The number of hydrogen-bond donors (Lipinski definition) is 2. The molecule has 0 bridgehead atoms. The van der Waals surface area contributed by atoms with Crippen molar-refractivity contribution in [2.45, 2.75) is 13.0 Å². The molecular weight excluding hydrogens is 394 g/mol. The number of anilines is 2. The van der Waals surface area contributed by atoms with Crippen LogP contribution in [0, 0.1) is 0 Å². The SMILES string of the molecule is O=C(NCCc1ccccc1)c1ccc(CNc2c(N3CCOCC3)c(=O)c2=O)cc1. The average Bonchev–Trinajstić information content (AvgIpc) is 2.82. The van der Waals surface area contributed by atoms with E-state index >= 15 is 0 Å². The normalized spacial score (nSPS) is 13.9. The molecule has 1 amide bonds. The summed E-state index contributed by atoms with van der Waals surface area (Å²) in [5.41, 5.74) is 2.60. The van der Waals surface area contributed by atoms with E-state index in [1.54, 1.807) is 12.1 Å². The summed E-state index contributed by atoms with van der Waals surface area (Å²) in [7, 11) is 0. The van der Waals surface area contributed by atoms with Crippen LogP contribution in [0.5, 0.6) is 0 Å². The molecule has 0 saturated carbocycles. The molecule has 1 saturated heterocycles. The number of benzene rings is 2. The van der Waals surface area contributed by atoms with Crippen LogP contribution in [0.25, 0.3) is 0 Å². The van der Waals surface area contributed by atoms with Crippen molar-refractivity contribution in [3.8, 4) is 0 Å². The van der Waals surface area contributed by atoms with Crippen molar-refractivity contribution in [3.63, 3.8) is 0 Å². The van der Waals surface area contributed by atoms with Crippen molar-refractivity contribution in [3.05, 3.63) is 91.7 Å². The van der Waals surface area contributed by atoms with Gasteiger partial charge in [-0.05, 0) is 29.7 Å². The molecule has 7 heteroatoms. The molecule has 0 aromatic heterocycles. The van der Waals surface area contributed by atoms with Crippen LogP contribution in [0.15, 0.2) is 64.2 Å². The Balaban J connectivity index is 1.30. The second kappa shape index (κ2) is 9.57. The van der Waals surface area contributed by atoms with Crippen LogP contribution in [0.4, 0.5) is 11.4 Å². The molecule has 160 valence electrons. The number of nitrogens with one attached hydrogen (secondary N) is 2. The predicted octanol–water partition coefficient (Wildman–Crippen LogP) is 1.70. The Labute approximate surface area is 180 Å². The van der Waals surface area contributed by atoms with Gasteiger partial charge in [0.1, 0.15) is 11.4 Å². The molecule has 1 fully saturated rings. The van der Waals surface area contributed by atoms with Gasteiger partial charge in [-0.2, -0.15) is 0 Å². The smallest absolute Gasteiger partial charge is 0.253 e. The van der Waals surface area contributed by atoms with E-state index in [0.717, 1.165) is 12.0 Å². The van der Waals surface area contributed by atoms with Crippen LogP contribution in [0.1, 0.15) is 21.5 Å². The topological polar surface area (TPSA) is 87.7 Å². The number of morpholine rings is 1. The highest BCUT2D eigenvalue weighted by Crippen LogP contribution is 2.21. The van der Waals surface area contributed by atoms with Gasteiger partial charge >= 0.3 is 0 Å². The van der Waals surface area contributed by atoms with E-state index in [9.17, 15) is 14.4 Å². The van der Waals surface area contributed by atoms with Gasteiger partial charge in [0, 0.05) is 31.7 Å². The van der Waals surface area contributed by atoms with Crippen molar-refractivity contribution in [1.82, 2.24) is 5.32 Å². The summed E-state index contributed by atoms with van der Waals surface area (Å²) < 4.78 is 5.31. The molecule has 1 aliphatic rings. The fourth-order valence-electron chi connectivity index (χ4n) is 3.66. The largest absolute Gasteiger partial charge is 0.378 e. The minimum atomic E-state index is -0.476. The molecule has 1 heterocycles. The maximum Gasteiger partial charge on any atom is 0.253 e. The third-order valence-corrected chi connectivity index (χ3v) is 5.44. The summed E-state index contributed by atoms with van der Waals surface area (Å²) in [5.74, 6) is -0.118. The molecule has 7 nitrogen and oxygen atoms in total. The molecule has 0 atom stereocenters. The maximum atomic E-state index is 12.3. The Bertz CT molecular complexity index is 1100. The fourth-order valence-corrected chi connectivity index (χ4v) is 3.66. The molecule has 31 heavy (non-hydrogen) atoms. The van der Waals surface area contributed by atoms with Gasteiger partial charge in [0.15, 0.2) is 0 Å². The first-order valence-electron chi connectivity index (χ1n) is 10.4.